The third-order valence-corrected chi connectivity index (χ3v) is 6.72. The van der Waals surface area contributed by atoms with Gasteiger partial charge in [-0.3, -0.25) is 9.11 Å². The summed E-state index contributed by atoms with van der Waals surface area (Å²) in [7, 11) is -8.58. The number of nitrogens with two attached hydrogens (primary N) is 3. The van der Waals surface area contributed by atoms with E-state index in [2.05, 4.69) is 20.2 Å². The first kappa shape index (κ1) is 23.6. The monoisotopic (exact) mass is 499 g/mol. The number of benzene rings is 2. The second-order valence-corrected chi connectivity index (χ2v) is 10.4. The second-order valence-electron chi connectivity index (χ2n) is 6.32. The van der Waals surface area contributed by atoms with E-state index >= 15 is 0 Å². The van der Waals surface area contributed by atoms with Crippen molar-refractivity contribution in [1.82, 2.24) is 9.97 Å². The zero-order valence-electron chi connectivity index (χ0n) is 16.1. The van der Waals surface area contributed by atoms with E-state index in [1.54, 1.807) is 6.07 Å². The molecule has 0 unspecified atom stereocenters. The third kappa shape index (κ3) is 5.60. The lowest BCUT2D eigenvalue weighted by molar-refractivity contribution is 0.481. The van der Waals surface area contributed by atoms with Gasteiger partial charge in [0.1, 0.15) is 0 Å². The first-order chi connectivity index (χ1) is 14.8. The minimum atomic E-state index is -4.45. The molecule has 0 spiro atoms. The summed E-state index contributed by atoms with van der Waals surface area (Å²) in [5.41, 5.74) is 18.2. The smallest absolute Gasteiger partial charge is 0.294 e. The van der Waals surface area contributed by atoms with Crippen LogP contribution in [0, 0.1) is 0 Å². The summed E-state index contributed by atoms with van der Waals surface area (Å²) in [5.74, 6) is -0.785. The Morgan fingerprint density at radius 2 is 1.56 bits per heavy atom. The molecular weight excluding hydrogens is 482 g/mol. The molecule has 8 N–H and O–H groups in total. The van der Waals surface area contributed by atoms with Gasteiger partial charge in [-0.25, -0.2) is 9.97 Å². The molecule has 13 nitrogen and oxygen atoms in total. The van der Waals surface area contributed by atoms with E-state index < -0.39 is 26.0 Å². The van der Waals surface area contributed by atoms with Crippen LogP contribution in [0.3, 0.4) is 0 Å². The highest BCUT2D eigenvalue weighted by atomic mass is 32.2. The van der Waals surface area contributed by atoms with Crippen LogP contribution in [-0.4, -0.2) is 47.4 Å². The molecule has 0 saturated heterocycles. The Labute approximate surface area is 186 Å². The van der Waals surface area contributed by atoms with Crippen LogP contribution < -0.4 is 17.2 Å². The fourth-order valence-electron chi connectivity index (χ4n) is 2.56. The molecule has 0 aliphatic heterocycles. The van der Waals surface area contributed by atoms with Crippen molar-refractivity contribution in [3.05, 3.63) is 30.3 Å². The number of nitrogen functional groups attached to an aromatic ring is 3. The van der Waals surface area contributed by atoms with Gasteiger partial charge >= 0.3 is 0 Å². The molecule has 170 valence electrons. The van der Waals surface area contributed by atoms with Crippen LogP contribution in [0.15, 0.2) is 50.6 Å². The molecule has 0 amide bonds. The summed E-state index contributed by atoms with van der Waals surface area (Å²) < 4.78 is 62.6. The van der Waals surface area contributed by atoms with Gasteiger partial charge in [-0.2, -0.15) is 16.8 Å². The van der Waals surface area contributed by atoms with Gasteiger partial charge in [0.2, 0.25) is 0 Å². The molecule has 0 saturated carbocycles. The van der Waals surface area contributed by atoms with Crippen LogP contribution in [0.5, 0.6) is 0 Å². The Morgan fingerprint density at radius 3 is 2.16 bits per heavy atom. The fourth-order valence-corrected chi connectivity index (χ4v) is 4.75. The number of anilines is 3. The van der Waals surface area contributed by atoms with Gasteiger partial charge < -0.3 is 17.2 Å². The average molecular weight is 500 g/mol. The zero-order valence-corrected chi connectivity index (χ0v) is 18.5. The summed E-state index contributed by atoms with van der Waals surface area (Å²) in [6.07, 6.45) is 0. The van der Waals surface area contributed by atoms with Crippen LogP contribution in [-0.2, 0) is 20.2 Å². The maximum atomic E-state index is 11.5. The van der Waals surface area contributed by atoms with Gasteiger partial charge in [-0.15, -0.1) is 10.2 Å². The quantitative estimate of drug-likeness (QED) is 0.103. The second kappa shape index (κ2) is 8.83. The van der Waals surface area contributed by atoms with E-state index in [0.717, 1.165) is 11.8 Å². The molecule has 3 aromatic rings. The SMILES string of the molecule is Nc1nc(SCCS(=O)(=O)O)nc(N)c1N=Nc1ccc(N)c2ccc(S(=O)(=O)O)cc12. The van der Waals surface area contributed by atoms with Crippen molar-refractivity contribution in [2.75, 3.05) is 28.7 Å². The van der Waals surface area contributed by atoms with Crippen LogP contribution in [0.2, 0.25) is 0 Å². The van der Waals surface area contributed by atoms with Crippen LogP contribution in [0.25, 0.3) is 10.8 Å². The van der Waals surface area contributed by atoms with Crippen molar-refractivity contribution >= 4 is 71.5 Å². The van der Waals surface area contributed by atoms with Crippen molar-refractivity contribution in [3.8, 4) is 0 Å². The van der Waals surface area contributed by atoms with Crippen LogP contribution in [0.1, 0.15) is 0 Å². The Bertz CT molecular complexity index is 1420. The predicted octanol–water partition coefficient (Wildman–Crippen LogP) is 2.02. The molecule has 0 atom stereocenters. The van der Waals surface area contributed by atoms with E-state index in [0.29, 0.717) is 16.5 Å². The summed E-state index contributed by atoms with van der Waals surface area (Å²) in [6, 6.07) is 6.87. The molecule has 3 rings (SSSR count). The lowest BCUT2D eigenvalue weighted by Gasteiger charge is -2.08. The lowest BCUT2D eigenvalue weighted by atomic mass is 10.1. The van der Waals surface area contributed by atoms with Gasteiger partial charge in [0, 0.05) is 22.2 Å². The number of azo groups is 1. The molecule has 1 heterocycles. The minimum Gasteiger partial charge on any atom is -0.398 e. The van der Waals surface area contributed by atoms with Gasteiger partial charge in [0.25, 0.3) is 20.2 Å². The maximum absolute atomic E-state index is 11.5. The highest BCUT2D eigenvalue weighted by molar-refractivity contribution is 8.00. The number of hydrogen-bond donors (Lipinski definition) is 5. The van der Waals surface area contributed by atoms with Crippen molar-refractivity contribution in [1.29, 1.82) is 0 Å². The highest BCUT2D eigenvalue weighted by Gasteiger charge is 2.15. The van der Waals surface area contributed by atoms with Crippen molar-refractivity contribution in [3.63, 3.8) is 0 Å². The number of rotatable bonds is 7. The summed E-state index contributed by atoms with van der Waals surface area (Å²) >= 11 is 0.918. The van der Waals surface area contributed by atoms with E-state index in [-0.39, 0.29) is 38.8 Å². The molecule has 16 heteroatoms. The first-order valence-electron chi connectivity index (χ1n) is 8.57. The van der Waals surface area contributed by atoms with E-state index in [4.69, 9.17) is 21.8 Å². The Kier molecular flexibility index (Phi) is 6.51. The molecule has 0 aliphatic rings. The van der Waals surface area contributed by atoms with Gasteiger partial charge in [0.05, 0.1) is 16.3 Å². The number of aromatic nitrogens is 2. The number of fused-ring (bicyclic) bond motifs is 1. The molecule has 0 aliphatic carbocycles. The molecular formula is C16H17N7O6S3. The van der Waals surface area contributed by atoms with Crippen molar-refractivity contribution < 1.29 is 25.9 Å². The molecule has 1 aromatic heterocycles. The van der Waals surface area contributed by atoms with Crippen molar-refractivity contribution in [2.45, 2.75) is 10.1 Å². The van der Waals surface area contributed by atoms with E-state index in [1.165, 1.54) is 24.3 Å². The Hall–Kier alpha value is -3.05. The largest absolute Gasteiger partial charge is 0.398 e. The summed E-state index contributed by atoms with van der Waals surface area (Å²) in [5, 5.41) is 8.88. The zero-order chi connectivity index (χ0) is 23.7. The first-order valence-corrected chi connectivity index (χ1v) is 12.6. The normalized spacial score (nSPS) is 12.6. The van der Waals surface area contributed by atoms with Crippen LogP contribution in [0.4, 0.5) is 28.7 Å². The Morgan fingerprint density at radius 1 is 0.906 bits per heavy atom. The maximum Gasteiger partial charge on any atom is 0.294 e. The predicted molar refractivity (Wildman–Crippen MR) is 120 cm³/mol. The number of nitrogens with zero attached hydrogens (tertiary/aromatic N) is 4. The molecule has 0 radical (unpaired) electrons. The third-order valence-electron chi connectivity index (χ3n) is 4.04. The van der Waals surface area contributed by atoms with E-state index in [9.17, 15) is 21.4 Å². The molecule has 0 fully saturated rings. The van der Waals surface area contributed by atoms with Gasteiger partial charge in [-0.1, -0.05) is 17.8 Å². The number of hydrogen-bond acceptors (Lipinski definition) is 12. The van der Waals surface area contributed by atoms with Gasteiger partial charge in [-0.05, 0) is 24.3 Å². The fraction of sp³-hybridized carbons (Fsp3) is 0.125. The lowest BCUT2D eigenvalue weighted by Crippen LogP contribution is -2.07. The highest BCUT2D eigenvalue weighted by Crippen LogP contribution is 2.35. The average Bonchev–Trinajstić information content (AvgIpc) is 2.67. The molecule has 0 bridgehead atoms. The van der Waals surface area contributed by atoms with Gasteiger partial charge in [0.15, 0.2) is 22.5 Å². The van der Waals surface area contributed by atoms with Crippen LogP contribution >= 0.6 is 11.8 Å². The molecule has 32 heavy (non-hydrogen) atoms. The summed E-state index contributed by atoms with van der Waals surface area (Å²) in [4.78, 5) is 7.60. The minimum absolute atomic E-state index is 0.0217. The van der Waals surface area contributed by atoms with E-state index in [1.807, 2.05) is 0 Å². The Balaban J connectivity index is 1.96. The topological polar surface area (TPSA) is 237 Å². The standard InChI is InChI=1S/C16H17N7O6S3/c17-11-3-4-12(10-7-8(32(27,28)29)1-2-9(10)11)22-23-13-14(18)20-16(21-15(13)19)30-5-6-31(24,25)26/h1-4,7H,5-6,17H2,(H,24,25,26)(H,27,28,29)(H4,18,19,20,21). The van der Waals surface area contributed by atoms with Crippen molar-refractivity contribution in [2.24, 2.45) is 10.2 Å². The number of thioether (sulfide) groups is 1. The molecule has 2 aromatic carbocycles. The summed E-state index contributed by atoms with van der Waals surface area (Å²) in [6.45, 7) is 0.